The van der Waals surface area contributed by atoms with E-state index in [2.05, 4.69) is 26.1 Å². The predicted octanol–water partition coefficient (Wildman–Crippen LogP) is 3.39. The molecule has 5 heteroatoms. The van der Waals surface area contributed by atoms with Crippen LogP contribution in [-0.2, 0) is 21.5 Å². The molecule has 0 atom stereocenters. The van der Waals surface area contributed by atoms with Crippen molar-refractivity contribution in [2.75, 3.05) is 26.8 Å². The van der Waals surface area contributed by atoms with Crippen LogP contribution in [0.5, 0.6) is 0 Å². The lowest BCUT2D eigenvalue weighted by Gasteiger charge is -2.23. The molecule has 0 saturated carbocycles. The van der Waals surface area contributed by atoms with Gasteiger partial charge in [-0.2, -0.15) is 0 Å². The molecule has 1 N–H and O–H groups in total. The lowest BCUT2D eigenvalue weighted by molar-refractivity contribution is -0.131. The Labute approximate surface area is 167 Å². The summed E-state index contributed by atoms with van der Waals surface area (Å²) in [5, 5.41) is 2.73. The Bertz CT molecular complexity index is 765. The summed E-state index contributed by atoms with van der Waals surface area (Å²) in [7, 11) is 1.61. The van der Waals surface area contributed by atoms with E-state index in [-0.39, 0.29) is 23.8 Å². The molecule has 0 unspecified atom stereocenters. The second-order valence-electron chi connectivity index (χ2n) is 7.80. The molecule has 28 heavy (non-hydrogen) atoms. The van der Waals surface area contributed by atoms with Gasteiger partial charge in [-0.25, -0.2) is 0 Å². The number of amides is 2. The zero-order chi connectivity index (χ0) is 20.6. The SMILES string of the molecule is COCCN(Cc1ccccc1)C(=O)CNC(=O)c1ccc(C(C)(C)C)cc1. The molecular weight excluding hydrogens is 352 g/mol. The van der Waals surface area contributed by atoms with Gasteiger partial charge >= 0.3 is 0 Å². The van der Waals surface area contributed by atoms with Crippen LogP contribution in [0.25, 0.3) is 0 Å². The number of nitrogens with one attached hydrogen (secondary N) is 1. The van der Waals surface area contributed by atoms with Crippen LogP contribution in [0.1, 0.15) is 42.3 Å². The van der Waals surface area contributed by atoms with E-state index in [1.54, 1.807) is 24.1 Å². The molecule has 0 aliphatic heterocycles. The summed E-state index contributed by atoms with van der Waals surface area (Å²) in [5.74, 6) is -0.388. The fourth-order valence-electron chi connectivity index (χ4n) is 2.79. The Morgan fingerprint density at radius 2 is 1.64 bits per heavy atom. The number of hydrogen-bond donors (Lipinski definition) is 1. The van der Waals surface area contributed by atoms with E-state index < -0.39 is 0 Å². The van der Waals surface area contributed by atoms with Crippen molar-refractivity contribution in [2.45, 2.75) is 32.7 Å². The van der Waals surface area contributed by atoms with Crippen molar-refractivity contribution in [1.82, 2.24) is 10.2 Å². The van der Waals surface area contributed by atoms with Crippen LogP contribution >= 0.6 is 0 Å². The highest BCUT2D eigenvalue weighted by molar-refractivity contribution is 5.96. The van der Waals surface area contributed by atoms with Crippen LogP contribution in [0.15, 0.2) is 54.6 Å². The summed E-state index contributed by atoms with van der Waals surface area (Å²) in [5.41, 5.74) is 2.78. The fourth-order valence-corrected chi connectivity index (χ4v) is 2.79. The number of carbonyl (C=O) groups excluding carboxylic acids is 2. The number of rotatable bonds is 8. The largest absolute Gasteiger partial charge is 0.383 e. The first-order chi connectivity index (χ1) is 13.3. The van der Waals surface area contributed by atoms with E-state index in [0.717, 1.165) is 11.1 Å². The third kappa shape index (κ3) is 6.50. The van der Waals surface area contributed by atoms with Gasteiger partial charge in [0.25, 0.3) is 5.91 Å². The minimum absolute atomic E-state index is 0.0320. The van der Waals surface area contributed by atoms with E-state index in [9.17, 15) is 9.59 Å². The van der Waals surface area contributed by atoms with Gasteiger partial charge in [-0.15, -0.1) is 0 Å². The monoisotopic (exact) mass is 382 g/mol. The Balaban J connectivity index is 1.95. The predicted molar refractivity (Wildman–Crippen MR) is 111 cm³/mol. The van der Waals surface area contributed by atoms with Crippen LogP contribution in [0.3, 0.4) is 0 Å². The fraction of sp³-hybridized carbons (Fsp3) is 0.391. The van der Waals surface area contributed by atoms with Gasteiger partial charge < -0.3 is 15.0 Å². The number of carbonyl (C=O) groups is 2. The molecule has 0 aliphatic carbocycles. The van der Waals surface area contributed by atoms with Crippen molar-refractivity contribution in [1.29, 1.82) is 0 Å². The van der Waals surface area contributed by atoms with Crippen molar-refractivity contribution >= 4 is 11.8 Å². The van der Waals surface area contributed by atoms with Gasteiger partial charge in [0.05, 0.1) is 13.2 Å². The number of benzene rings is 2. The number of methoxy groups -OCH3 is 1. The van der Waals surface area contributed by atoms with Gasteiger partial charge in [0, 0.05) is 25.8 Å². The molecule has 150 valence electrons. The van der Waals surface area contributed by atoms with Crippen LogP contribution in [0.2, 0.25) is 0 Å². The molecule has 2 amide bonds. The van der Waals surface area contributed by atoms with E-state index in [4.69, 9.17) is 4.74 Å². The number of ether oxygens (including phenoxy) is 1. The van der Waals surface area contributed by atoms with Gasteiger partial charge in [0.15, 0.2) is 0 Å². The Kier molecular flexibility index (Phi) is 7.76. The maximum atomic E-state index is 12.6. The van der Waals surface area contributed by atoms with Gasteiger partial charge in [-0.3, -0.25) is 9.59 Å². The zero-order valence-electron chi connectivity index (χ0n) is 17.2. The third-order valence-electron chi connectivity index (χ3n) is 4.55. The van der Waals surface area contributed by atoms with Crippen molar-refractivity contribution < 1.29 is 14.3 Å². The molecule has 0 radical (unpaired) electrons. The summed E-state index contributed by atoms with van der Waals surface area (Å²) in [4.78, 5) is 26.7. The van der Waals surface area contributed by atoms with Crippen molar-refractivity contribution in [3.8, 4) is 0 Å². The standard InChI is InChI=1S/C23H30N2O3/c1-23(2,3)20-12-10-19(11-13-20)22(27)24-16-21(26)25(14-15-28-4)17-18-8-6-5-7-9-18/h5-13H,14-17H2,1-4H3,(H,24,27). The minimum Gasteiger partial charge on any atom is -0.383 e. The molecule has 2 aromatic rings. The second-order valence-corrected chi connectivity index (χ2v) is 7.80. The van der Waals surface area contributed by atoms with E-state index in [1.165, 1.54) is 0 Å². The molecule has 0 aromatic heterocycles. The average molecular weight is 383 g/mol. The lowest BCUT2D eigenvalue weighted by Crippen LogP contribution is -2.41. The zero-order valence-corrected chi connectivity index (χ0v) is 17.2. The Morgan fingerprint density at radius 3 is 2.21 bits per heavy atom. The first-order valence-corrected chi connectivity index (χ1v) is 9.50. The summed E-state index contributed by atoms with van der Waals surface area (Å²) in [6.07, 6.45) is 0. The molecule has 0 saturated heterocycles. The highest BCUT2D eigenvalue weighted by Crippen LogP contribution is 2.22. The second kappa shape index (κ2) is 10.0. The molecule has 5 nitrogen and oxygen atoms in total. The lowest BCUT2D eigenvalue weighted by atomic mass is 9.87. The van der Waals surface area contributed by atoms with Gasteiger partial charge in [0.2, 0.25) is 5.91 Å². The van der Waals surface area contributed by atoms with Crippen LogP contribution in [0.4, 0.5) is 0 Å². The first kappa shape index (κ1) is 21.6. The highest BCUT2D eigenvalue weighted by Gasteiger charge is 2.17. The van der Waals surface area contributed by atoms with Crippen LogP contribution < -0.4 is 5.32 Å². The molecular formula is C23H30N2O3. The third-order valence-corrected chi connectivity index (χ3v) is 4.55. The molecule has 2 aromatic carbocycles. The maximum absolute atomic E-state index is 12.6. The Hall–Kier alpha value is -2.66. The summed E-state index contributed by atoms with van der Waals surface area (Å²) in [6.45, 7) is 7.74. The molecule has 0 bridgehead atoms. The molecule has 0 heterocycles. The van der Waals surface area contributed by atoms with Gasteiger partial charge in [-0.1, -0.05) is 63.2 Å². The molecule has 0 aliphatic rings. The van der Waals surface area contributed by atoms with Crippen LogP contribution in [-0.4, -0.2) is 43.5 Å². The molecule has 2 rings (SSSR count). The average Bonchev–Trinajstić information content (AvgIpc) is 2.69. The quantitative estimate of drug-likeness (QED) is 0.761. The Morgan fingerprint density at radius 1 is 1.00 bits per heavy atom. The maximum Gasteiger partial charge on any atom is 0.251 e. The molecule has 0 spiro atoms. The van der Waals surface area contributed by atoms with Crippen molar-refractivity contribution in [2.24, 2.45) is 0 Å². The summed E-state index contributed by atoms with van der Waals surface area (Å²) >= 11 is 0. The topological polar surface area (TPSA) is 58.6 Å². The normalized spacial score (nSPS) is 11.1. The van der Waals surface area contributed by atoms with E-state index >= 15 is 0 Å². The smallest absolute Gasteiger partial charge is 0.251 e. The first-order valence-electron chi connectivity index (χ1n) is 9.50. The number of hydrogen-bond acceptors (Lipinski definition) is 3. The van der Waals surface area contributed by atoms with E-state index in [1.807, 2.05) is 42.5 Å². The highest BCUT2D eigenvalue weighted by atomic mass is 16.5. The summed E-state index contributed by atoms with van der Waals surface area (Å²) in [6, 6.07) is 17.3. The van der Waals surface area contributed by atoms with Crippen molar-refractivity contribution in [3.05, 3.63) is 71.3 Å². The van der Waals surface area contributed by atoms with Crippen molar-refractivity contribution in [3.63, 3.8) is 0 Å². The van der Waals surface area contributed by atoms with Gasteiger partial charge in [0.1, 0.15) is 0 Å². The van der Waals surface area contributed by atoms with Crippen LogP contribution in [0, 0.1) is 0 Å². The number of nitrogens with zero attached hydrogens (tertiary/aromatic N) is 1. The van der Waals surface area contributed by atoms with E-state index in [0.29, 0.717) is 25.3 Å². The molecule has 0 fully saturated rings. The minimum atomic E-state index is -0.250. The van der Waals surface area contributed by atoms with Gasteiger partial charge in [-0.05, 0) is 28.7 Å². The summed E-state index contributed by atoms with van der Waals surface area (Å²) < 4.78 is 5.11.